The van der Waals surface area contributed by atoms with Gasteiger partial charge in [-0.05, 0) is 115 Å². The van der Waals surface area contributed by atoms with Gasteiger partial charge in [0.15, 0.2) is 0 Å². The fourth-order valence-electron chi connectivity index (χ4n) is 9.60. The molecule has 0 atom stereocenters. The van der Waals surface area contributed by atoms with Gasteiger partial charge in [-0.2, -0.15) is 0 Å². The van der Waals surface area contributed by atoms with Crippen LogP contribution in [-0.4, -0.2) is 19.5 Å². The first kappa shape index (κ1) is 47.3. The Morgan fingerprint density at radius 1 is 0.565 bits per heavy atom. The molecule has 0 aliphatic rings. The largest absolute Gasteiger partial charge is 0.501 e. The Labute approximate surface area is 420 Å². The number of nitrogens with zero attached hydrogens (tertiary/aromatic N) is 4. The van der Waals surface area contributed by atoms with Crippen LogP contribution in [0.1, 0.15) is 103 Å². The minimum atomic E-state index is 0. The van der Waals surface area contributed by atoms with Crippen LogP contribution in [0.25, 0.3) is 94.1 Å². The molecule has 5 nitrogen and oxygen atoms in total. The molecule has 8 aromatic carbocycles. The van der Waals surface area contributed by atoms with Gasteiger partial charge in [-0.25, -0.2) is 0 Å². The zero-order valence-corrected chi connectivity index (χ0v) is 43.6. The van der Waals surface area contributed by atoms with E-state index in [0.717, 1.165) is 61.4 Å². The third-order valence-electron chi connectivity index (χ3n) is 13.1. The van der Waals surface area contributed by atoms with Gasteiger partial charge in [-0.15, -0.1) is 54.1 Å². The van der Waals surface area contributed by atoms with Crippen molar-refractivity contribution in [3.63, 3.8) is 0 Å². The average Bonchev–Trinajstić information content (AvgIpc) is 3.91. The SMILES string of the molecule is CC(C)(C)c1ccnc(-c2[c-]cccc2)n1.CC(C)c1cc(-c2ccccc2)cc(C(C)C)c1-n1c(-c2[c-]ccc3c2oc2cc4c(cc(C(C)(C)C)c5ccccc54)cc23)nc2ccccc21.[Ir]. The van der Waals surface area contributed by atoms with Gasteiger partial charge in [-0.1, -0.05) is 147 Å². The summed E-state index contributed by atoms with van der Waals surface area (Å²) in [6.07, 6.45) is 1.81. The number of furan rings is 1. The standard InChI is InChI=1S/C49H43N2O.C14H15N2.Ir/c1-29(2)38-24-32(31-16-9-8-10-17-31)25-39(30(3)4)46(38)51-44-23-14-13-22-43(44)50-48(51)37-21-15-20-36-41-26-33-27-42(49(5,6)7)35-19-12-11-18-34(35)40(33)28-45(41)52-47(36)37;1-14(2,3)12-9-10-15-13(16-12)11-7-5-4-6-8-11;/h8-20,22-30H,1-7H3;4-7,9-10H,1-3H3;/q2*-1;. The Balaban J connectivity index is 0.000000296. The van der Waals surface area contributed by atoms with Crippen molar-refractivity contribution in [2.24, 2.45) is 0 Å². The van der Waals surface area contributed by atoms with Gasteiger partial charge in [0.25, 0.3) is 0 Å². The molecule has 0 saturated carbocycles. The van der Waals surface area contributed by atoms with E-state index in [1.807, 2.05) is 42.6 Å². The monoisotopic (exact) mass is 1080 g/mol. The minimum Gasteiger partial charge on any atom is -0.501 e. The molecule has 347 valence electrons. The third-order valence-corrected chi connectivity index (χ3v) is 13.1. The molecule has 0 fully saturated rings. The van der Waals surface area contributed by atoms with Crippen LogP contribution < -0.4 is 0 Å². The van der Waals surface area contributed by atoms with Crippen molar-refractivity contribution in [3.8, 4) is 39.6 Å². The number of hydrogen-bond donors (Lipinski definition) is 0. The molecule has 11 rings (SSSR count). The van der Waals surface area contributed by atoms with Crippen molar-refractivity contribution in [3.05, 3.63) is 192 Å². The van der Waals surface area contributed by atoms with Gasteiger partial charge < -0.3 is 8.98 Å². The van der Waals surface area contributed by atoms with Crippen molar-refractivity contribution in [1.82, 2.24) is 19.5 Å². The molecule has 0 amide bonds. The molecule has 0 unspecified atom stereocenters. The number of benzene rings is 8. The predicted octanol–water partition coefficient (Wildman–Crippen LogP) is 17.1. The van der Waals surface area contributed by atoms with Crippen LogP contribution in [0, 0.1) is 12.1 Å². The van der Waals surface area contributed by atoms with Crippen molar-refractivity contribution in [2.75, 3.05) is 0 Å². The average molecular weight is 1080 g/mol. The Morgan fingerprint density at radius 3 is 1.93 bits per heavy atom. The van der Waals surface area contributed by atoms with E-state index in [2.05, 4.69) is 211 Å². The molecule has 0 aliphatic carbocycles. The van der Waals surface area contributed by atoms with Crippen LogP contribution in [0.15, 0.2) is 162 Å². The van der Waals surface area contributed by atoms with Gasteiger partial charge in [0.1, 0.15) is 5.58 Å². The van der Waals surface area contributed by atoms with E-state index in [9.17, 15) is 0 Å². The third kappa shape index (κ3) is 8.93. The molecule has 6 heteroatoms. The summed E-state index contributed by atoms with van der Waals surface area (Å²) in [6, 6.07) is 60.3. The Bertz CT molecular complexity index is 3620. The summed E-state index contributed by atoms with van der Waals surface area (Å²) >= 11 is 0. The van der Waals surface area contributed by atoms with Crippen LogP contribution in [0.3, 0.4) is 0 Å². The molecule has 1 radical (unpaired) electrons. The smallest absolute Gasteiger partial charge is 0.121 e. The Hall–Kier alpha value is -6.72. The molecular formula is C63H58IrN4O-2. The van der Waals surface area contributed by atoms with Crippen LogP contribution in [0.2, 0.25) is 0 Å². The molecule has 3 heterocycles. The molecule has 0 saturated heterocycles. The van der Waals surface area contributed by atoms with Crippen LogP contribution in [0.4, 0.5) is 0 Å². The molecule has 11 aromatic rings. The normalized spacial score (nSPS) is 12.1. The second kappa shape index (κ2) is 18.6. The number of aromatic nitrogens is 4. The summed E-state index contributed by atoms with van der Waals surface area (Å²) in [4.78, 5) is 14.2. The van der Waals surface area contributed by atoms with Gasteiger partial charge >= 0.3 is 0 Å². The molecule has 0 N–H and O–H groups in total. The summed E-state index contributed by atoms with van der Waals surface area (Å²) < 4.78 is 9.31. The van der Waals surface area contributed by atoms with E-state index < -0.39 is 0 Å². The van der Waals surface area contributed by atoms with E-state index in [0.29, 0.717) is 0 Å². The van der Waals surface area contributed by atoms with E-state index in [4.69, 9.17) is 9.40 Å². The molecular weight excluding hydrogens is 1020 g/mol. The summed E-state index contributed by atoms with van der Waals surface area (Å²) in [5, 5.41) is 7.15. The van der Waals surface area contributed by atoms with Gasteiger partial charge in [0.2, 0.25) is 0 Å². The van der Waals surface area contributed by atoms with E-state index >= 15 is 0 Å². The van der Waals surface area contributed by atoms with Gasteiger partial charge in [0, 0.05) is 48.5 Å². The maximum atomic E-state index is 6.93. The van der Waals surface area contributed by atoms with E-state index in [-0.39, 0.29) is 42.8 Å². The van der Waals surface area contributed by atoms with Gasteiger partial charge in [-0.3, -0.25) is 15.0 Å². The first-order valence-electron chi connectivity index (χ1n) is 23.9. The first-order chi connectivity index (χ1) is 32.7. The molecule has 69 heavy (non-hydrogen) atoms. The number of rotatable bonds is 6. The number of hydrogen-bond acceptors (Lipinski definition) is 4. The van der Waals surface area contributed by atoms with Gasteiger partial charge in [0.05, 0.1) is 28.3 Å². The Kier molecular flexibility index (Phi) is 12.8. The maximum absolute atomic E-state index is 6.93. The maximum Gasteiger partial charge on any atom is 0.121 e. The topological polar surface area (TPSA) is 56.7 Å². The Morgan fingerprint density at radius 2 is 1.25 bits per heavy atom. The molecule has 3 aromatic heterocycles. The van der Waals surface area contributed by atoms with E-state index in [1.165, 1.54) is 55.0 Å². The fraction of sp³-hybridized carbons (Fsp3) is 0.222. The summed E-state index contributed by atoms with van der Waals surface area (Å²) in [7, 11) is 0. The zero-order valence-electron chi connectivity index (χ0n) is 41.2. The second-order valence-corrected chi connectivity index (χ2v) is 20.7. The zero-order chi connectivity index (χ0) is 47.5. The minimum absolute atomic E-state index is 0. The predicted molar refractivity (Wildman–Crippen MR) is 285 cm³/mol. The first-order valence-corrected chi connectivity index (χ1v) is 23.9. The number of imidazole rings is 1. The molecule has 0 spiro atoms. The number of fused-ring (bicyclic) bond motifs is 7. The summed E-state index contributed by atoms with van der Waals surface area (Å²) in [6.45, 7) is 22.5. The number of para-hydroxylation sites is 2. The van der Waals surface area contributed by atoms with Crippen molar-refractivity contribution < 1.29 is 24.5 Å². The van der Waals surface area contributed by atoms with E-state index in [1.54, 1.807) is 0 Å². The molecule has 0 bridgehead atoms. The van der Waals surface area contributed by atoms with Crippen LogP contribution in [-0.2, 0) is 30.9 Å². The fourth-order valence-corrected chi connectivity index (χ4v) is 9.60. The quantitative estimate of drug-likeness (QED) is 0.123. The second-order valence-electron chi connectivity index (χ2n) is 20.7. The summed E-state index contributed by atoms with van der Waals surface area (Å²) in [5.41, 5.74) is 14.2. The van der Waals surface area contributed by atoms with Crippen molar-refractivity contribution in [1.29, 1.82) is 0 Å². The van der Waals surface area contributed by atoms with Crippen LogP contribution >= 0.6 is 0 Å². The van der Waals surface area contributed by atoms with Crippen molar-refractivity contribution >= 4 is 54.5 Å². The van der Waals surface area contributed by atoms with Crippen molar-refractivity contribution in [2.45, 2.75) is 91.9 Å². The summed E-state index contributed by atoms with van der Waals surface area (Å²) in [5.74, 6) is 2.13. The van der Waals surface area contributed by atoms with Crippen LogP contribution in [0.5, 0.6) is 0 Å². The molecule has 0 aliphatic heterocycles.